The maximum absolute atomic E-state index is 12.9. The van der Waals surface area contributed by atoms with Gasteiger partial charge in [0.2, 0.25) is 11.8 Å². The van der Waals surface area contributed by atoms with Gasteiger partial charge in [0.05, 0.1) is 36.3 Å². The first-order valence-corrected chi connectivity index (χ1v) is 11.7. The summed E-state index contributed by atoms with van der Waals surface area (Å²) in [6.07, 6.45) is 0.588. The van der Waals surface area contributed by atoms with Gasteiger partial charge in [-0.15, -0.1) is 15.3 Å². The van der Waals surface area contributed by atoms with E-state index in [1.165, 1.54) is 19.2 Å². The molecule has 3 aromatic heterocycles. The van der Waals surface area contributed by atoms with Gasteiger partial charge in [0.15, 0.2) is 11.6 Å². The minimum Gasteiger partial charge on any atom is -0.493 e. The fraction of sp³-hybridized carbons (Fsp3) is 0.280. The van der Waals surface area contributed by atoms with Crippen LogP contribution in [0.5, 0.6) is 11.6 Å². The van der Waals surface area contributed by atoms with Gasteiger partial charge in [0, 0.05) is 30.9 Å². The standard InChI is InChI=1S/C25H24F2N8O3/c1-15-20(35(33-30-15)18-5-3-16(4-6-18)24(26)27)14-38-23-8-7-22(31-32-23)34-12-17(13-34)25(36)29-19-9-10-28-11-21(19)37-2/h3-11,17,24H,12-14H2,1-2H3,(H,28,29,36). The molecular formula is C25H24F2N8O3. The molecule has 196 valence electrons. The number of benzene rings is 1. The van der Waals surface area contributed by atoms with Crippen molar-refractivity contribution in [2.24, 2.45) is 5.92 Å². The second-order valence-electron chi connectivity index (χ2n) is 8.61. The lowest BCUT2D eigenvalue weighted by molar-refractivity contribution is -0.120. The number of amides is 1. The fourth-order valence-electron chi connectivity index (χ4n) is 3.92. The maximum atomic E-state index is 12.9. The summed E-state index contributed by atoms with van der Waals surface area (Å²) in [4.78, 5) is 18.5. The van der Waals surface area contributed by atoms with E-state index in [9.17, 15) is 13.6 Å². The smallest absolute Gasteiger partial charge is 0.263 e. The van der Waals surface area contributed by atoms with Crippen LogP contribution in [0.15, 0.2) is 54.9 Å². The number of anilines is 2. The molecule has 1 aliphatic heterocycles. The highest BCUT2D eigenvalue weighted by Gasteiger charge is 2.34. The second-order valence-corrected chi connectivity index (χ2v) is 8.61. The van der Waals surface area contributed by atoms with Crippen LogP contribution < -0.4 is 19.7 Å². The Kier molecular flexibility index (Phi) is 7.07. The van der Waals surface area contributed by atoms with Crippen molar-refractivity contribution in [1.29, 1.82) is 0 Å². The van der Waals surface area contributed by atoms with Crippen molar-refractivity contribution in [3.8, 4) is 17.3 Å². The lowest BCUT2D eigenvalue weighted by Gasteiger charge is -2.38. The summed E-state index contributed by atoms with van der Waals surface area (Å²) in [5.41, 5.74) is 2.39. The van der Waals surface area contributed by atoms with Gasteiger partial charge in [-0.25, -0.2) is 13.5 Å². The molecule has 1 saturated heterocycles. The van der Waals surface area contributed by atoms with Gasteiger partial charge >= 0.3 is 0 Å². The molecule has 1 N–H and O–H groups in total. The molecule has 4 heterocycles. The Labute approximate surface area is 216 Å². The average molecular weight is 523 g/mol. The summed E-state index contributed by atoms with van der Waals surface area (Å²) in [5, 5.41) is 19.4. The monoisotopic (exact) mass is 522 g/mol. The largest absolute Gasteiger partial charge is 0.493 e. The van der Waals surface area contributed by atoms with Crippen LogP contribution in [0.1, 0.15) is 23.4 Å². The van der Waals surface area contributed by atoms with Crippen LogP contribution in [0.25, 0.3) is 5.69 Å². The van der Waals surface area contributed by atoms with E-state index in [0.717, 1.165) is 0 Å². The van der Waals surface area contributed by atoms with E-state index in [-0.39, 0.29) is 24.0 Å². The number of halogens is 2. The molecule has 38 heavy (non-hydrogen) atoms. The number of pyridine rings is 1. The van der Waals surface area contributed by atoms with Crippen molar-refractivity contribution >= 4 is 17.4 Å². The number of ether oxygens (including phenoxy) is 2. The van der Waals surface area contributed by atoms with E-state index in [4.69, 9.17) is 9.47 Å². The molecule has 0 radical (unpaired) electrons. The summed E-state index contributed by atoms with van der Waals surface area (Å²) < 4.78 is 38.3. The first-order chi connectivity index (χ1) is 18.4. The molecule has 5 rings (SSSR count). The molecule has 4 aromatic rings. The topological polar surface area (TPSA) is 120 Å². The molecule has 0 aliphatic carbocycles. The third-order valence-electron chi connectivity index (χ3n) is 6.17. The molecular weight excluding hydrogens is 498 g/mol. The van der Waals surface area contributed by atoms with E-state index < -0.39 is 6.43 Å². The molecule has 0 atom stereocenters. The average Bonchev–Trinajstić information content (AvgIpc) is 3.27. The van der Waals surface area contributed by atoms with Crippen LogP contribution in [-0.4, -0.2) is 56.3 Å². The summed E-state index contributed by atoms with van der Waals surface area (Å²) in [6.45, 7) is 2.89. The van der Waals surface area contributed by atoms with Crippen molar-refractivity contribution in [1.82, 2.24) is 30.2 Å². The molecule has 1 aliphatic rings. The Balaban J connectivity index is 1.16. The molecule has 13 heteroatoms. The number of rotatable bonds is 9. The number of carbonyl (C=O) groups is 1. The van der Waals surface area contributed by atoms with Gasteiger partial charge in [0.25, 0.3) is 6.43 Å². The highest BCUT2D eigenvalue weighted by Crippen LogP contribution is 2.27. The van der Waals surface area contributed by atoms with Crippen LogP contribution >= 0.6 is 0 Å². The van der Waals surface area contributed by atoms with Crippen molar-refractivity contribution in [3.05, 3.63) is 71.8 Å². The first-order valence-electron chi connectivity index (χ1n) is 11.7. The van der Waals surface area contributed by atoms with Gasteiger partial charge in [-0.2, -0.15) is 0 Å². The molecule has 1 aromatic carbocycles. The molecule has 1 amide bonds. The van der Waals surface area contributed by atoms with E-state index in [0.29, 0.717) is 53.3 Å². The van der Waals surface area contributed by atoms with Gasteiger partial charge in [-0.1, -0.05) is 17.3 Å². The van der Waals surface area contributed by atoms with Crippen molar-refractivity contribution in [3.63, 3.8) is 0 Å². The van der Waals surface area contributed by atoms with Crippen molar-refractivity contribution < 1.29 is 23.0 Å². The summed E-state index contributed by atoms with van der Waals surface area (Å²) in [6, 6.07) is 11.0. The van der Waals surface area contributed by atoms with Gasteiger partial charge < -0.3 is 19.7 Å². The molecule has 0 spiro atoms. The summed E-state index contributed by atoms with van der Waals surface area (Å²) >= 11 is 0. The Bertz CT molecular complexity index is 1410. The number of carbonyl (C=O) groups excluding carboxylic acids is 1. The number of nitrogens with one attached hydrogen (secondary N) is 1. The fourth-order valence-corrected chi connectivity index (χ4v) is 3.92. The number of aryl methyl sites for hydroxylation is 1. The summed E-state index contributed by atoms with van der Waals surface area (Å²) in [7, 11) is 1.52. The maximum Gasteiger partial charge on any atom is 0.263 e. The number of hydrogen-bond acceptors (Lipinski definition) is 9. The molecule has 0 unspecified atom stereocenters. The Morgan fingerprint density at radius 3 is 2.58 bits per heavy atom. The normalized spacial score (nSPS) is 13.3. The van der Waals surface area contributed by atoms with Crippen LogP contribution in [0.3, 0.4) is 0 Å². The number of hydrogen-bond donors (Lipinski definition) is 1. The third kappa shape index (κ3) is 5.21. The zero-order valence-corrected chi connectivity index (χ0v) is 20.6. The molecule has 0 bridgehead atoms. The predicted molar refractivity (Wildman–Crippen MR) is 133 cm³/mol. The van der Waals surface area contributed by atoms with E-state index in [2.05, 4.69) is 30.8 Å². The quantitative estimate of drug-likeness (QED) is 0.353. The van der Waals surface area contributed by atoms with Gasteiger partial charge in [-0.3, -0.25) is 9.78 Å². The SMILES string of the molecule is COc1cnccc1NC(=O)C1CN(c2ccc(OCc3c(C)nnn3-c3ccc(C(F)F)cc3)nn2)C1. The Hall–Kier alpha value is -4.68. The lowest BCUT2D eigenvalue weighted by Crippen LogP contribution is -2.52. The van der Waals surface area contributed by atoms with Crippen molar-refractivity contribution in [2.45, 2.75) is 20.0 Å². The molecule has 1 fully saturated rings. The van der Waals surface area contributed by atoms with E-state index in [1.54, 1.807) is 54.3 Å². The van der Waals surface area contributed by atoms with E-state index >= 15 is 0 Å². The number of methoxy groups -OCH3 is 1. The van der Waals surface area contributed by atoms with Crippen LogP contribution in [0.4, 0.5) is 20.3 Å². The molecule has 11 nitrogen and oxygen atoms in total. The Morgan fingerprint density at radius 1 is 1.11 bits per heavy atom. The predicted octanol–water partition coefficient (Wildman–Crippen LogP) is 3.36. The highest BCUT2D eigenvalue weighted by molar-refractivity contribution is 5.95. The zero-order valence-electron chi connectivity index (χ0n) is 20.6. The lowest BCUT2D eigenvalue weighted by atomic mass is 9.99. The number of alkyl halides is 2. The van der Waals surface area contributed by atoms with Crippen LogP contribution in [-0.2, 0) is 11.4 Å². The second kappa shape index (κ2) is 10.7. The Morgan fingerprint density at radius 2 is 1.89 bits per heavy atom. The minimum absolute atomic E-state index is 0.0677. The van der Waals surface area contributed by atoms with Crippen LogP contribution in [0, 0.1) is 12.8 Å². The van der Waals surface area contributed by atoms with Crippen LogP contribution in [0.2, 0.25) is 0 Å². The number of aromatic nitrogens is 6. The van der Waals surface area contributed by atoms with Gasteiger partial charge in [-0.05, 0) is 31.2 Å². The van der Waals surface area contributed by atoms with Crippen molar-refractivity contribution in [2.75, 3.05) is 30.4 Å². The van der Waals surface area contributed by atoms with E-state index in [1.807, 2.05) is 4.90 Å². The zero-order chi connectivity index (χ0) is 26.6. The number of nitrogens with zero attached hydrogens (tertiary/aromatic N) is 7. The molecule has 0 saturated carbocycles. The first kappa shape index (κ1) is 25.0. The third-order valence-corrected chi connectivity index (χ3v) is 6.17. The van der Waals surface area contributed by atoms with Gasteiger partial charge in [0.1, 0.15) is 12.3 Å². The minimum atomic E-state index is -2.54. The highest BCUT2D eigenvalue weighted by atomic mass is 19.3. The summed E-state index contributed by atoms with van der Waals surface area (Å²) in [5.74, 6) is 1.12.